The van der Waals surface area contributed by atoms with Gasteiger partial charge in [0.05, 0.1) is 17.3 Å². The quantitative estimate of drug-likeness (QED) is 0.516. The first-order valence-electron chi connectivity index (χ1n) is 12.6. The molecular formula is C27H37N5O2. The van der Waals surface area contributed by atoms with Crippen LogP contribution in [0.5, 0.6) is 0 Å². The fourth-order valence-electron chi connectivity index (χ4n) is 4.79. The Morgan fingerprint density at radius 3 is 2.56 bits per heavy atom. The molecule has 1 unspecified atom stereocenters. The molecule has 1 aromatic heterocycles. The van der Waals surface area contributed by atoms with Gasteiger partial charge in [0.15, 0.2) is 0 Å². The van der Waals surface area contributed by atoms with Crippen molar-refractivity contribution >= 4 is 29.0 Å². The summed E-state index contributed by atoms with van der Waals surface area (Å²) >= 11 is 0. The molecule has 34 heavy (non-hydrogen) atoms. The summed E-state index contributed by atoms with van der Waals surface area (Å²) in [5, 5.41) is 9.08. The lowest BCUT2D eigenvalue weighted by molar-refractivity contribution is -0.126. The predicted molar refractivity (Wildman–Crippen MR) is 136 cm³/mol. The van der Waals surface area contributed by atoms with Gasteiger partial charge < -0.3 is 20.9 Å². The van der Waals surface area contributed by atoms with Gasteiger partial charge in [0.25, 0.3) is 0 Å². The summed E-state index contributed by atoms with van der Waals surface area (Å²) < 4.78 is 0. The number of anilines is 3. The molecule has 1 atom stereocenters. The van der Waals surface area contributed by atoms with Crippen molar-refractivity contribution in [2.75, 3.05) is 29.9 Å². The molecule has 7 nitrogen and oxygen atoms in total. The predicted octanol–water partition coefficient (Wildman–Crippen LogP) is 4.29. The van der Waals surface area contributed by atoms with Crippen molar-refractivity contribution in [2.24, 2.45) is 11.8 Å². The first-order chi connectivity index (χ1) is 16.5. The highest BCUT2D eigenvalue weighted by Gasteiger charge is 2.27. The Morgan fingerprint density at radius 2 is 1.91 bits per heavy atom. The van der Waals surface area contributed by atoms with Gasteiger partial charge in [0, 0.05) is 38.3 Å². The fourth-order valence-corrected chi connectivity index (χ4v) is 4.79. The average Bonchev–Trinajstić information content (AvgIpc) is 3.30. The van der Waals surface area contributed by atoms with Crippen LogP contribution in [-0.2, 0) is 16.1 Å². The highest BCUT2D eigenvalue weighted by molar-refractivity contribution is 5.89. The number of carbonyl (C=O) groups excluding carboxylic acids is 2. The number of unbranched alkanes of at least 4 members (excludes halogenated alkanes) is 1. The third-order valence-electron chi connectivity index (χ3n) is 7.02. The molecule has 0 radical (unpaired) electrons. The van der Waals surface area contributed by atoms with Crippen LogP contribution in [0.4, 0.5) is 17.2 Å². The lowest BCUT2D eigenvalue weighted by Crippen LogP contribution is -2.34. The second-order valence-electron chi connectivity index (χ2n) is 9.62. The molecule has 2 saturated heterocycles. The Morgan fingerprint density at radius 1 is 1.15 bits per heavy atom. The Hall–Kier alpha value is -3.09. The van der Waals surface area contributed by atoms with Crippen LogP contribution in [0.15, 0.2) is 36.4 Å². The minimum Gasteiger partial charge on any atom is -0.357 e. The molecule has 0 bridgehead atoms. The number of piperidine rings is 1. The second-order valence-corrected chi connectivity index (χ2v) is 9.62. The van der Waals surface area contributed by atoms with Crippen molar-refractivity contribution in [1.29, 1.82) is 0 Å². The van der Waals surface area contributed by atoms with Gasteiger partial charge in [-0.15, -0.1) is 0 Å². The summed E-state index contributed by atoms with van der Waals surface area (Å²) in [7, 11) is 0. The van der Waals surface area contributed by atoms with Gasteiger partial charge in [-0.25, -0.2) is 4.98 Å². The van der Waals surface area contributed by atoms with E-state index in [1.54, 1.807) is 0 Å². The van der Waals surface area contributed by atoms with Gasteiger partial charge in [0.2, 0.25) is 11.8 Å². The van der Waals surface area contributed by atoms with Gasteiger partial charge in [0.1, 0.15) is 5.82 Å². The number of nitrogens with one attached hydrogen (secondary N) is 3. The third-order valence-corrected chi connectivity index (χ3v) is 7.02. The highest BCUT2D eigenvalue weighted by atomic mass is 16.2. The van der Waals surface area contributed by atoms with Crippen LogP contribution < -0.4 is 20.9 Å². The van der Waals surface area contributed by atoms with E-state index in [4.69, 9.17) is 4.98 Å². The SMILES string of the molecule is CCCCC1CCN(c2ccc(Nc3ccc(CNC(=O)C4CNC(=O)C4)cc3)c(C)n2)CC1. The van der Waals surface area contributed by atoms with E-state index in [1.807, 2.05) is 31.2 Å². The molecule has 3 N–H and O–H groups in total. The third kappa shape index (κ3) is 6.27. The topological polar surface area (TPSA) is 86.4 Å². The molecule has 2 fully saturated rings. The van der Waals surface area contributed by atoms with Gasteiger partial charge >= 0.3 is 0 Å². The molecule has 2 aliphatic heterocycles. The zero-order chi connectivity index (χ0) is 23.9. The first-order valence-corrected chi connectivity index (χ1v) is 12.6. The van der Waals surface area contributed by atoms with Gasteiger partial charge in [-0.05, 0) is 55.5 Å². The Kier molecular flexibility index (Phi) is 8.03. The highest BCUT2D eigenvalue weighted by Crippen LogP contribution is 2.28. The summed E-state index contributed by atoms with van der Waals surface area (Å²) in [4.78, 5) is 30.8. The molecule has 3 heterocycles. The molecule has 1 aromatic carbocycles. The van der Waals surface area contributed by atoms with E-state index in [1.165, 1.54) is 32.1 Å². The van der Waals surface area contributed by atoms with Crippen LogP contribution in [0.25, 0.3) is 0 Å². The number of benzene rings is 1. The zero-order valence-corrected chi connectivity index (χ0v) is 20.4. The van der Waals surface area contributed by atoms with E-state index in [9.17, 15) is 9.59 Å². The van der Waals surface area contributed by atoms with E-state index >= 15 is 0 Å². The average molecular weight is 464 g/mol. The molecule has 182 valence electrons. The van der Waals surface area contributed by atoms with Crippen LogP contribution in [0.2, 0.25) is 0 Å². The number of aromatic nitrogens is 1. The standard InChI is InChI=1S/C27H37N5O2/c1-3-4-5-20-12-14-32(15-13-20)25-11-10-24(19(2)30-25)31-23-8-6-21(7-9-23)17-29-27(34)22-16-26(33)28-18-22/h6-11,20,22,31H,3-5,12-18H2,1-2H3,(H,28,33)(H,29,34). The number of hydrogen-bond donors (Lipinski definition) is 3. The minimum atomic E-state index is -0.265. The fraction of sp³-hybridized carbons (Fsp3) is 0.519. The van der Waals surface area contributed by atoms with E-state index < -0.39 is 0 Å². The van der Waals surface area contributed by atoms with Gasteiger partial charge in [-0.2, -0.15) is 0 Å². The minimum absolute atomic E-state index is 0.0552. The first kappa shape index (κ1) is 24.0. The molecule has 0 saturated carbocycles. The lowest BCUT2D eigenvalue weighted by Gasteiger charge is -2.33. The number of amides is 2. The van der Waals surface area contributed by atoms with E-state index in [-0.39, 0.29) is 24.2 Å². The number of nitrogens with zero attached hydrogens (tertiary/aromatic N) is 2. The maximum absolute atomic E-state index is 12.2. The molecule has 2 amide bonds. The number of hydrogen-bond acceptors (Lipinski definition) is 5. The van der Waals surface area contributed by atoms with Crippen molar-refractivity contribution in [2.45, 2.75) is 58.9 Å². The number of aryl methyl sites for hydroxylation is 1. The van der Waals surface area contributed by atoms with Crippen LogP contribution in [0, 0.1) is 18.8 Å². The van der Waals surface area contributed by atoms with Crippen LogP contribution in [0.3, 0.4) is 0 Å². The van der Waals surface area contributed by atoms with E-state index in [0.29, 0.717) is 13.1 Å². The van der Waals surface area contributed by atoms with Crippen LogP contribution in [0.1, 0.15) is 56.7 Å². The lowest BCUT2D eigenvalue weighted by atomic mass is 9.92. The van der Waals surface area contributed by atoms with Crippen molar-refractivity contribution in [1.82, 2.24) is 15.6 Å². The zero-order valence-electron chi connectivity index (χ0n) is 20.4. The number of rotatable bonds is 9. The molecule has 0 spiro atoms. The molecule has 7 heteroatoms. The molecule has 2 aliphatic rings. The number of pyridine rings is 1. The maximum Gasteiger partial charge on any atom is 0.225 e. The molecule has 4 rings (SSSR count). The smallest absolute Gasteiger partial charge is 0.225 e. The Bertz CT molecular complexity index is 983. The normalized spacial score (nSPS) is 18.6. The maximum atomic E-state index is 12.2. The summed E-state index contributed by atoms with van der Waals surface area (Å²) in [5.41, 5.74) is 3.99. The van der Waals surface area contributed by atoms with E-state index in [0.717, 1.165) is 47.5 Å². The summed E-state index contributed by atoms with van der Waals surface area (Å²) in [5.74, 6) is 1.55. The summed E-state index contributed by atoms with van der Waals surface area (Å²) in [6.07, 6.45) is 6.81. The summed E-state index contributed by atoms with van der Waals surface area (Å²) in [6.45, 7) is 7.39. The van der Waals surface area contributed by atoms with Gasteiger partial charge in [-0.3, -0.25) is 9.59 Å². The monoisotopic (exact) mass is 463 g/mol. The van der Waals surface area contributed by atoms with Crippen molar-refractivity contribution in [3.05, 3.63) is 47.7 Å². The van der Waals surface area contributed by atoms with Crippen LogP contribution >= 0.6 is 0 Å². The van der Waals surface area contributed by atoms with Crippen molar-refractivity contribution in [3.8, 4) is 0 Å². The molecular weight excluding hydrogens is 426 g/mol. The summed E-state index contributed by atoms with van der Waals surface area (Å²) in [6, 6.07) is 12.3. The van der Waals surface area contributed by atoms with Crippen LogP contribution in [-0.4, -0.2) is 36.4 Å². The van der Waals surface area contributed by atoms with Crippen molar-refractivity contribution in [3.63, 3.8) is 0 Å². The largest absolute Gasteiger partial charge is 0.357 e. The van der Waals surface area contributed by atoms with E-state index in [2.05, 4.69) is 39.9 Å². The number of carbonyl (C=O) groups is 2. The molecule has 0 aliphatic carbocycles. The second kappa shape index (κ2) is 11.4. The Labute approximate surface area is 202 Å². The van der Waals surface area contributed by atoms with Gasteiger partial charge in [-0.1, -0.05) is 38.3 Å². The van der Waals surface area contributed by atoms with Crippen molar-refractivity contribution < 1.29 is 9.59 Å². The Balaban J connectivity index is 1.27. The molecule has 2 aromatic rings.